The molecule has 1 atom stereocenters. The molecule has 1 heterocycles. The lowest BCUT2D eigenvalue weighted by atomic mass is 10.1. The molecule has 0 fully saturated rings. The topological polar surface area (TPSA) is 26.0 Å². The summed E-state index contributed by atoms with van der Waals surface area (Å²) in [5, 5.41) is 2.05. The summed E-state index contributed by atoms with van der Waals surface area (Å²) in [5.74, 6) is 0. The Bertz CT molecular complexity index is 257. The van der Waals surface area contributed by atoms with Gasteiger partial charge in [-0.05, 0) is 40.2 Å². The van der Waals surface area contributed by atoms with Gasteiger partial charge in [-0.2, -0.15) is 0 Å². The van der Waals surface area contributed by atoms with Crippen molar-refractivity contribution in [2.75, 3.05) is 0 Å². The van der Waals surface area contributed by atoms with Crippen molar-refractivity contribution in [1.82, 2.24) is 0 Å². The molecule has 0 amide bonds. The van der Waals surface area contributed by atoms with Gasteiger partial charge in [-0.25, -0.2) is 0 Å². The van der Waals surface area contributed by atoms with Gasteiger partial charge in [0.1, 0.15) is 0 Å². The largest absolute Gasteiger partial charge is 0.323 e. The molecule has 2 N–H and O–H groups in total. The molecule has 0 aliphatic rings. The Balaban J connectivity index is 2.58. The number of hydrogen-bond donors (Lipinski definition) is 1. The zero-order chi connectivity index (χ0) is 8.97. The second kappa shape index (κ2) is 4.80. The highest BCUT2D eigenvalue weighted by Gasteiger charge is 2.09. The Morgan fingerprint density at radius 1 is 1.75 bits per heavy atom. The number of rotatable bonds is 4. The minimum atomic E-state index is 0.150. The van der Waals surface area contributed by atoms with Crippen LogP contribution in [0.15, 0.2) is 28.6 Å². The van der Waals surface area contributed by atoms with E-state index in [2.05, 4.69) is 22.5 Å². The summed E-state index contributed by atoms with van der Waals surface area (Å²) in [6.07, 6.45) is 3.86. The van der Waals surface area contributed by atoms with Gasteiger partial charge in [0, 0.05) is 15.4 Å². The number of thiophene rings is 1. The number of nitrogens with two attached hydrogens (primary N) is 1. The van der Waals surface area contributed by atoms with Crippen LogP contribution >= 0.6 is 27.3 Å². The molecule has 0 unspecified atom stereocenters. The summed E-state index contributed by atoms with van der Waals surface area (Å²) in [6, 6.07) is 2.19. The van der Waals surface area contributed by atoms with Crippen LogP contribution in [-0.4, -0.2) is 0 Å². The molecular formula is C9H12BrNS. The Labute approximate surface area is 85.4 Å². The molecule has 3 heteroatoms. The highest BCUT2D eigenvalue weighted by atomic mass is 79.9. The van der Waals surface area contributed by atoms with Crippen LogP contribution < -0.4 is 5.73 Å². The van der Waals surface area contributed by atoms with E-state index in [4.69, 9.17) is 5.73 Å². The van der Waals surface area contributed by atoms with Crippen molar-refractivity contribution in [3.63, 3.8) is 0 Å². The molecule has 1 rings (SSSR count). The Hall–Kier alpha value is -0.120. The fourth-order valence-electron chi connectivity index (χ4n) is 0.998. The third-order valence-electron chi connectivity index (χ3n) is 1.66. The number of hydrogen-bond acceptors (Lipinski definition) is 2. The van der Waals surface area contributed by atoms with Crippen LogP contribution in [0.4, 0.5) is 0 Å². The second-order valence-electron chi connectivity index (χ2n) is 2.61. The minimum absolute atomic E-state index is 0.150. The van der Waals surface area contributed by atoms with Gasteiger partial charge in [-0.3, -0.25) is 0 Å². The molecular weight excluding hydrogens is 234 g/mol. The van der Waals surface area contributed by atoms with Gasteiger partial charge < -0.3 is 5.73 Å². The zero-order valence-electron chi connectivity index (χ0n) is 6.79. The van der Waals surface area contributed by atoms with Crippen molar-refractivity contribution in [2.45, 2.75) is 18.9 Å². The van der Waals surface area contributed by atoms with Crippen molar-refractivity contribution in [3.8, 4) is 0 Å². The van der Waals surface area contributed by atoms with E-state index in [1.54, 1.807) is 11.3 Å². The standard InChI is InChI=1S/C9H12BrNS/c1-2-3-4-8(11)9-7(10)5-6-12-9/h2,5-6,8H,1,3-4,11H2/t8-/m0/s1. The van der Waals surface area contributed by atoms with E-state index in [0.717, 1.165) is 17.3 Å². The molecule has 0 saturated heterocycles. The van der Waals surface area contributed by atoms with E-state index >= 15 is 0 Å². The lowest BCUT2D eigenvalue weighted by Crippen LogP contribution is -2.08. The fourth-order valence-corrected chi connectivity index (χ4v) is 2.70. The van der Waals surface area contributed by atoms with Crippen LogP contribution in [0.25, 0.3) is 0 Å². The van der Waals surface area contributed by atoms with Gasteiger partial charge in [0.05, 0.1) is 0 Å². The maximum Gasteiger partial charge on any atom is 0.0404 e. The van der Waals surface area contributed by atoms with Gasteiger partial charge in [0.15, 0.2) is 0 Å². The van der Waals surface area contributed by atoms with Crippen LogP contribution in [0.3, 0.4) is 0 Å². The smallest absolute Gasteiger partial charge is 0.0404 e. The maximum absolute atomic E-state index is 5.96. The van der Waals surface area contributed by atoms with Crippen molar-refractivity contribution in [3.05, 3.63) is 33.5 Å². The van der Waals surface area contributed by atoms with Gasteiger partial charge in [-0.1, -0.05) is 6.08 Å². The molecule has 1 aromatic rings. The maximum atomic E-state index is 5.96. The Kier molecular flexibility index (Phi) is 3.98. The summed E-state index contributed by atoms with van der Waals surface area (Å²) in [6.45, 7) is 3.67. The first-order valence-electron chi connectivity index (χ1n) is 3.85. The molecule has 0 spiro atoms. The van der Waals surface area contributed by atoms with Crippen LogP contribution in [0.1, 0.15) is 23.8 Å². The summed E-state index contributed by atoms with van der Waals surface area (Å²) < 4.78 is 1.13. The van der Waals surface area contributed by atoms with E-state index in [1.807, 2.05) is 17.5 Å². The van der Waals surface area contributed by atoms with Crippen LogP contribution in [0.5, 0.6) is 0 Å². The molecule has 66 valence electrons. The summed E-state index contributed by atoms with van der Waals surface area (Å²) in [7, 11) is 0. The first-order chi connectivity index (χ1) is 5.75. The SMILES string of the molecule is C=CCC[C@H](N)c1sccc1Br. The molecule has 0 radical (unpaired) electrons. The Morgan fingerprint density at radius 3 is 3.00 bits per heavy atom. The summed E-state index contributed by atoms with van der Waals surface area (Å²) in [4.78, 5) is 1.23. The fraction of sp³-hybridized carbons (Fsp3) is 0.333. The first kappa shape index (κ1) is 9.96. The highest BCUT2D eigenvalue weighted by molar-refractivity contribution is 9.10. The second-order valence-corrected chi connectivity index (χ2v) is 4.41. The van der Waals surface area contributed by atoms with Crippen molar-refractivity contribution >= 4 is 27.3 Å². The molecule has 1 nitrogen and oxygen atoms in total. The summed E-state index contributed by atoms with van der Waals surface area (Å²) in [5.41, 5.74) is 5.96. The predicted octanol–water partition coefficient (Wildman–Crippen LogP) is 3.48. The van der Waals surface area contributed by atoms with Crippen molar-refractivity contribution < 1.29 is 0 Å². The average molecular weight is 246 g/mol. The van der Waals surface area contributed by atoms with Crippen LogP contribution in [0, 0.1) is 0 Å². The number of allylic oxidation sites excluding steroid dienone is 1. The predicted molar refractivity (Wildman–Crippen MR) is 58.4 cm³/mol. The highest BCUT2D eigenvalue weighted by Crippen LogP contribution is 2.29. The Morgan fingerprint density at radius 2 is 2.50 bits per heavy atom. The van der Waals surface area contributed by atoms with Crippen LogP contribution in [0.2, 0.25) is 0 Å². The zero-order valence-corrected chi connectivity index (χ0v) is 9.20. The first-order valence-corrected chi connectivity index (χ1v) is 5.52. The van der Waals surface area contributed by atoms with E-state index in [1.165, 1.54) is 4.88 Å². The molecule has 1 aromatic heterocycles. The number of halogens is 1. The third kappa shape index (κ3) is 2.44. The molecule has 0 bridgehead atoms. The van der Waals surface area contributed by atoms with Gasteiger partial charge in [-0.15, -0.1) is 17.9 Å². The third-order valence-corrected chi connectivity index (χ3v) is 3.67. The lowest BCUT2D eigenvalue weighted by Gasteiger charge is -2.07. The van der Waals surface area contributed by atoms with E-state index in [9.17, 15) is 0 Å². The van der Waals surface area contributed by atoms with E-state index in [-0.39, 0.29) is 6.04 Å². The van der Waals surface area contributed by atoms with E-state index < -0.39 is 0 Å². The monoisotopic (exact) mass is 245 g/mol. The molecule has 12 heavy (non-hydrogen) atoms. The minimum Gasteiger partial charge on any atom is -0.323 e. The van der Waals surface area contributed by atoms with Crippen molar-refractivity contribution in [2.24, 2.45) is 5.73 Å². The summed E-state index contributed by atoms with van der Waals surface area (Å²) >= 11 is 5.17. The lowest BCUT2D eigenvalue weighted by molar-refractivity contribution is 0.670. The molecule has 0 aliphatic carbocycles. The molecule has 0 saturated carbocycles. The van der Waals surface area contributed by atoms with E-state index in [0.29, 0.717) is 0 Å². The van der Waals surface area contributed by atoms with Gasteiger partial charge >= 0.3 is 0 Å². The van der Waals surface area contributed by atoms with Crippen LogP contribution in [-0.2, 0) is 0 Å². The van der Waals surface area contributed by atoms with Gasteiger partial charge in [0.25, 0.3) is 0 Å². The normalized spacial score (nSPS) is 12.8. The van der Waals surface area contributed by atoms with Gasteiger partial charge in [0.2, 0.25) is 0 Å². The molecule has 0 aromatic carbocycles. The average Bonchev–Trinajstić information content (AvgIpc) is 2.47. The van der Waals surface area contributed by atoms with Crippen molar-refractivity contribution in [1.29, 1.82) is 0 Å². The molecule has 0 aliphatic heterocycles. The quantitative estimate of drug-likeness (QED) is 0.809.